The summed E-state index contributed by atoms with van der Waals surface area (Å²) in [5.41, 5.74) is 7.39. The molecule has 4 N–H and O–H groups in total. The van der Waals surface area contributed by atoms with Gasteiger partial charge in [0.1, 0.15) is 0 Å². The minimum absolute atomic E-state index is 0.0689. The first-order valence-electron chi connectivity index (χ1n) is 5.23. The molecule has 0 unspecified atom stereocenters. The van der Waals surface area contributed by atoms with Gasteiger partial charge in [0.2, 0.25) is 0 Å². The Hall–Kier alpha value is -0.440. The highest BCUT2D eigenvalue weighted by Gasteiger charge is 2.27. The monoisotopic (exact) mass is 266 g/mol. The van der Waals surface area contributed by atoms with Gasteiger partial charge in [-0.2, -0.15) is 12.7 Å². The van der Waals surface area contributed by atoms with E-state index in [0.29, 0.717) is 0 Å². The maximum absolute atomic E-state index is 11.8. The van der Waals surface area contributed by atoms with Gasteiger partial charge in [0.15, 0.2) is 5.11 Å². The zero-order chi connectivity index (χ0) is 12.2. The van der Waals surface area contributed by atoms with Crippen molar-refractivity contribution in [3.05, 3.63) is 0 Å². The highest BCUT2D eigenvalue weighted by Crippen LogP contribution is 2.22. The molecule has 1 aliphatic rings. The summed E-state index contributed by atoms with van der Waals surface area (Å²) in [7, 11) is -1.98. The van der Waals surface area contributed by atoms with Crippen LogP contribution in [0.25, 0.3) is 0 Å². The maximum Gasteiger partial charge on any atom is 0.296 e. The zero-order valence-electron chi connectivity index (χ0n) is 9.27. The van der Waals surface area contributed by atoms with Crippen molar-refractivity contribution in [2.75, 3.05) is 7.05 Å². The lowest BCUT2D eigenvalue weighted by atomic mass is 9.96. The average Bonchev–Trinajstić information content (AvgIpc) is 2.27. The number of nitrogens with zero attached hydrogens (tertiary/aromatic N) is 1. The Labute approximate surface area is 102 Å². The molecule has 0 amide bonds. The van der Waals surface area contributed by atoms with Crippen LogP contribution in [0.5, 0.6) is 0 Å². The first-order chi connectivity index (χ1) is 7.43. The van der Waals surface area contributed by atoms with Gasteiger partial charge >= 0.3 is 0 Å². The fourth-order valence-corrected chi connectivity index (χ4v) is 2.93. The molecule has 0 aromatic carbocycles. The maximum atomic E-state index is 11.8. The lowest BCUT2D eigenvalue weighted by Crippen LogP contribution is -2.52. The van der Waals surface area contributed by atoms with E-state index in [2.05, 4.69) is 22.5 Å². The van der Waals surface area contributed by atoms with Crippen LogP contribution in [0.1, 0.15) is 32.1 Å². The van der Waals surface area contributed by atoms with Crippen molar-refractivity contribution < 1.29 is 8.42 Å². The molecule has 1 fully saturated rings. The standard InChI is InChI=1S/C8H18N4O2S2/c1-12(7-5-3-2-4-6-7)16(13,14)11-10-8(9)15/h7,11H,2-6H2,1H3,(H3,9,10,15). The second kappa shape index (κ2) is 5.76. The van der Waals surface area contributed by atoms with Gasteiger partial charge in [-0.3, -0.25) is 5.43 Å². The van der Waals surface area contributed by atoms with Gasteiger partial charge < -0.3 is 5.73 Å². The Kier molecular flexibility index (Phi) is 4.90. The average molecular weight is 266 g/mol. The molecule has 1 saturated carbocycles. The van der Waals surface area contributed by atoms with Crippen LogP contribution in [0.4, 0.5) is 0 Å². The van der Waals surface area contributed by atoms with Crippen LogP contribution in [-0.4, -0.2) is 30.9 Å². The quantitative estimate of drug-likeness (QED) is 0.486. The van der Waals surface area contributed by atoms with E-state index in [4.69, 9.17) is 5.73 Å². The van der Waals surface area contributed by atoms with E-state index in [1.165, 1.54) is 10.7 Å². The summed E-state index contributed by atoms with van der Waals surface area (Å²) in [5, 5.41) is -0.0966. The van der Waals surface area contributed by atoms with Crippen molar-refractivity contribution in [1.29, 1.82) is 0 Å². The molecule has 16 heavy (non-hydrogen) atoms. The first-order valence-corrected chi connectivity index (χ1v) is 7.08. The molecular formula is C8H18N4O2S2. The number of hydrogen-bond donors (Lipinski definition) is 3. The third-order valence-corrected chi connectivity index (χ3v) is 4.29. The second-order valence-electron chi connectivity index (χ2n) is 3.90. The molecule has 0 radical (unpaired) electrons. The lowest BCUT2D eigenvalue weighted by molar-refractivity contribution is 0.282. The molecule has 0 aromatic rings. The van der Waals surface area contributed by atoms with E-state index in [0.717, 1.165) is 25.7 Å². The van der Waals surface area contributed by atoms with Gasteiger partial charge in [0, 0.05) is 13.1 Å². The minimum Gasteiger partial charge on any atom is -0.375 e. The number of nitrogens with one attached hydrogen (secondary N) is 2. The van der Waals surface area contributed by atoms with E-state index in [1.54, 1.807) is 7.05 Å². The van der Waals surface area contributed by atoms with Gasteiger partial charge in [-0.05, 0) is 25.1 Å². The fraction of sp³-hybridized carbons (Fsp3) is 0.875. The van der Waals surface area contributed by atoms with Crippen LogP contribution in [0, 0.1) is 0 Å². The molecule has 0 atom stereocenters. The van der Waals surface area contributed by atoms with Crippen molar-refractivity contribution in [3.8, 4) is 0 Å². The van der Waals surface area contributed by atoms with Crippen LogP contribution in [-0.2, 0) is 10.2 Å². The van der Waals surface area contributed by atoms with Crippen LogP contribution in [0.15, 0.2) is 0 Å². The SMILES string of the molecule is CN(C1CCCCC1)S(=O)(=O)NNC(N)=S. The third kappa shape index (κ3) is 3.85. The van der Waals surface area contributed by atoms with Crippen LogP contribution in [0.3, 0.4) is 0 Å². The van der Waals surface area contributed by atoms with Crippen LogP contribution >= 0.6 is 12.2 Å². The predicted molar refractivity (Wildman–Crippen MR) is 66.6 cm³/mol. The Morgan fingerprint density at radius 2 is 1.94 bits per heavy atom. The number of rotatable bonds is 4. The Balaban J connectivity index is 2.56. The summed E-state index contributed by atoms with van der Waals surface area (Å²) in [6.45, 7) is 0. The third-order valence-electron chi connectivity index (χ3n) is 2.77. The van der Waals surface area contributed by atoms with Crippen molar-refractivity contribution in [2.45, 2.75) is 38.1 Å². The molecule has 0 aliphatic heterocycles. The zero-order valence-corrected chi connectivity index (χ0v) is 10.9. The number of hydrogen-bond acceptors (Lipinski definition) is 3. The van der Waals surface area contributed by atoms with Gasteiger partial charge in [0.05, 0.1) is 0 Å². The molecule has 0 heterocycles. The van der Waals surface area contributed by atoms with Crippen molar-refractivity contribution in [3.63, 3.8) is 0 Å². The van der Waals surface area contributed by atoms with E-state index in [1.807, 2.05) is 0 Å². The molecule has 8 heteroatoms. The molecular weight excluding hydrogens is 248 g/mol. The Bertz CT molecular complexity index is 338. The predicted octanol–water partition coefficient (Wildman–Crippen LogP) is -0.166. The van der Waals surface area contributed by atoms with Crippen LogP contribution < -0.4 is 16.0 Å². The van der Waals surface area contributed by atoms with Crippen molar-refractivity contribution in [1.82, 2.24) is 14.6 Å². The van der Waals surface area contributed by atoms with Gasteiger partial charge in [0.25, 0.3) is 10.2 Å². The summed E-state index contributed by atoms with van der Waals surface area (Å²) in [6, 6.07) is 0.0689. The highest BCUT2D eigenvalue weighted by molar-refractivity contribution is 7.87. The first kappa shape index (κ1) is 13.6. The largest absolute Gasteiger partial charge is 0.375 e. The molecule has 1 rings (SSSR count). The lowest BCUT2D eigenvalue weighted by Gasteiger charge is -2.30. The molecule has 6 nitrogen and oxygen atoms in total. The smallest absolute Gasteiger partial charge is 0.296 e. The van der Waals surface area contributed by atoms with E-state index < -0.39 is 10.2 Å². The summed E-state index contributed by atoms with van der Waals surface area (Å²) < 4.78 is 24.9. The van der Waals surface area contributed by atoms with Crippen molar-refractivity contribution >= 4 is 27.5 Å². The van der Waals surface area contributed by atoms with Gasteiger partial charge in [-0.1, -0.05) is 19.3 Å². The molecule has 0 aromatic heterocycles. The second-order valence-corrected chi connectivity index (χ2v) is 6.07. The van der Waals surface area contributed by atoms with E-state index in [-0.39, 0.29) is 11.2 Å². The molecule has 0 spiro atoms. The minimum atomic E-state index is -3.55. The van der Waals surface area contributed by atoms with Gasteiger partial charge in [-0.15, -0.1) is 4.83 Å². The normalized spacial score (nSPS) is 18.6. The summed E-state index contributed by atoms with van der Waals surface area (Å²) >= 11 is 4.53. The summed E-state index contributed by atoms with van der Waals surface area (Å²) in [5.74, 6) is 0. The van der Waals surface area contributed by atoms with Crippen LogP contribution in [0.2, 0.25) is 0 Å². The molecule has 94 valence electrons. The molecule has 1 aliphatic carbocycles. The number of nitrogens with two attached hydrogens (primary N) is 1. The van der Waals surface area contributed by atoms with E-state index in [9.17, 15) is 8.42 Å². The topological polar surface area (TPSA) is 87.5 Å². The fourth-order valence-electron chi connectivity index (χ4n) is 1.83. The summed E-state index contributed by atoms with van der Waals surface area (Å²) in [6.07, 6.45) is 5.15. The number of thiocarbonyl (C=S) groups is 1. The summed E-state index contributed by atoms with van der Waals surface area (Å²) in [4.78, 5) is 2.14. The molecule has 0 saturated heterocycles. The molecule has 0 bridgehead atoms. The van der Waals surface area contributed by atoms with Gasteiger partial charge in [-0.25, -0.2) is 0 Å². The Morgan fingerprint density at radius 3 is 2.44 bits per heavy atom. The number of hydrazine groups is 1. The highest BCUT2D eigenvalue weighted by atomic mass is 32.2. The Morgan fingerprint density at radius 1 is 1.38 bits per heavy atom. The van der Waals surface area contributed by atoms with E-state index >= 15 is 0 Å². The van der Waals surface area contributed by atoms with Crippen molar-refractivity contribution in [2.24, 2.45) is 5.73 Å².